The highest BCUT2D eigenvalue weighted by molar-refractivity contribution is 7.92. The van der Waals surface area contributed by atoms with Gasteiger partial charge < -0.3 is 5.11 Å². The number of hydroxylamine groups is 1. The molecule has 0 bridgehead atoms. The van der Waals surface area contributed by atoms with Crippen LogP contribution in [0.5, 0.6) is 0 Å². The third kappa shape index (κ3) is 15.3. The first-order valence-corrected chi connectivity index (χ1v) is 27.8. The summed E-state index contributed by atoms with van der Waals surface area (Å²) < 4.78 is 79.9. The third-order valence-corrected chi connectivity index (χ3v) is 19.3. The second kappa shape index (κ2) is 26.4. The van der Waals surface area contributed by atoms with Gasteiger partial charge in [-0.2, -0.15) is 25.3 Å². The van der Waals surface area contributed by atoms with Gasteiger partial charge in [0.1, 0.15) is 12.6 Å². The zero-order valence-corrected chi connectivity index (χ0v) is 45.2. The second-order valence-electron chi connectivity index (χ2n) is 14.5. The second-order valence-corrected chi connectivity index (χ2v) is 24.3. The number of aliphatic carboxylic acids is 1. The number of carboxylic acid groups (broad SMARTS) is 1. The summed E-state index contributed by atoms with van der Waals surface area (Å²) >= 11 is 8.64. The number of hydrogen-bond donors (Lipinski definition) is 3. The van der Waals surface area contributed by atoms with Crippen molar-refractivity contribution in [3.05, 3.63) is 200 Å². The lowest BCUT2D eigenvalue weighted by Gasteiger charge is -2.02. The fourth-order valence-corrected chi connectivity index (χ4v) is 13.9. The minimum Gasteiger partial charge on any atom is -0.478 e. The summed E-state index contributed by atoms with van der Waals surface area (Å²) in [5.74, 6) is -1.79. The molecule has 0 saturated carbocycles. The lowest BCUT2D eigenvalue weighted by Crippen LogP contribution is -2.14. The first kappa shape index (κ1) is 58.8. The van der Waals surface area contributed by atoms with Gasteiger partial charge in [0.25, 0.3) is 36.0 Å². The number of carboxylic acids is 1. The smallest absolute Gasteiger partial charge is 0.328 e. The van der Waals surface area contributed by atoms with E-state index in [1.807, 2.05) is 36.4 Å². The molecule has 0 unspecified atom stereocenters. The van der Waals surface area contributed by atoms with E-state index in [1.165, 1.54) is 73.0 Å². The minimum atomic E-state index is -3.73. The molecule has 0 radical (unpaired) electrons. The van der Waals surface area contributed by atoms with Gasteiger partial charge >= 0.3 is 5.97 Å². The van der Waals surface area contributed by atoms with Gasteiger partial charge in [-0.25, -0.2) is 22.2 Å². The summed E-state index contributed by atoms with van der Waals surface area (Å²) in [7, 11) is -11.1. The predicted molar refractivity (Wildman–Crippen MR) is 294 cm³/mol. The number of halogens is 3. The molecule has 0 atom stereocenters. The average molecular weight is 1190 g/mol. The van der Waals surface area contributed by atoms with E-state index < -0.39 is 47.2 Å². The molecule has 0 saturated heterocycles. The number of rotatable bonds is 15. The lowest BCUT2D eigenvalue weighted by atomic mass is 10.3. The van der Waals surface area contributed by atoms with Crippen molar-refractivity contribution < 1.29 is 50.0 Å². The highest BCUT2D eigenvalue weighted by atomic mass is 35.5. The molecule has 27 heteroatoms. The molecule has 0 aliphatic heterocycles. The van der Waals surface area contributed by atoms with Crippen LogP contribution in [0.1, 0.15) is 16.7 Å². The number of allylic oxidation sites excluding steroid dienone is 1. The van der Waals surface area contributed by atoms with E-state index in [9.17, 15) is 39.6 Å². The molecule has 18 nitrogen and oxygen atoms in total. The van der Waals surface area contributed by atoms with E-state index in [1.54, 1.807) is 79.3 Å². The van der Waals surface area contributed by atoms with E-state index >= 15 is 0 Å². The Morgan fingerprint density at radius 1 is 0.493 bits per heavy atom. The van der Waals surface area contributed by atoms with Crippen molar-refractivity contribution in [3.8, 4) is 31.7 Å². The van der Waals surface area contributed by atoms with Crippen LogP contribution in [0.4, 0.5) is 0 Å². The Kier molecular flexibility index (Phi) is 20.7. The first-order valence-electron chi connectivity index (χ1n) is 20.7. The molecule has 0 fully saturated rings. The Hall–Kier alpha value is -7.10. The molecular weight excluding hydrogens is 1150 g/mol. The van der Waals surface area contributed by atoms with Crippen LogP contribution < -0.4 is 5.48 Å². The molecule has 388 valence electrons. The number of thiophene rings is 3. The SMILES string of the molecule is Cl.Cl.O=C(/C=C/c1ccn(S(=O)(=O)c2ccc(-c3ccccn3)s2)c1)NO.O=C(Cl)/C=C/c1ccn(S(=O)(=O)c2ccc(-c3ccccn3)s2)c1.O=C(O)/C=C/c1ccn(S(=O)(=O)c2ccc(-c3ccccn3)s2)c1. The Balaban J connectivity index is 0.000000205. The molecular formula is C48H38Cl3N7O11S6. The number of pyridine rings is 3. The highest BCUT2D eigenvalue weighted by Crippen LogP contribution is 2.33. The Labute approximate surface area is 458 Å². The molecule has 9 heterocycles. The molecule has 0 spiro atoms. The zero-order chi connectivity index (χ0) is 52.2. The van der Waals surface area contributed by atoms with Crippen molar-refractivity contribution in [2.45, 2.75) is 12.6 Å². The van der Waals surface area contributed by atoms with Gasteiger partial charge in [0.05, 0.1) is 31.7 Å². The van der Waals surface area contributed by atoms with Gasteiger partial charge in [0.2, 0.25) is 5.24 Å². The number of nitrogens with one attached hydrogen (secondary N) is 1. The summed E-state index contributed by atoms with van der Waals surface area (Å²) in [5.41, 5.74) is 5.16. The summed E-state index contributed by atoms with van der Waals surface area (Å²) in [6, 6.07) is 30.8. The normalized spacial score (nSPS) is 11.5. The van der Waals surface area contributed by atoms with E-state index in [4.69, 9.17) is 21.9 Å². The topological polar surface area (TPSA) is 260 Å². The Bertz CT molecular complexity index is 3670. The van der Waals surface area contributed by atoms with Crippen LogP contribution in [0, 0.1) is 0 Å². The molecule has 0 aliphatic carbocycles. The highest BCUT2D eigenvalue weighted by Gasteiger charge is 2.22. The first-order chi connectivity index (χ1) is 34.9. The van der Waals surface area contributed by atoms with Crippen LogP contribution in [0.2, 0.25) is 0 Å². The van der Waals surface area contributed by atoms with Crippen LogP contribution >= 0.6 is 70.4 Å². The predicted octanol–water partition coefficient (Wildman–Crippen LogP) is 9.78. The van der Waals surface area contributed by atoms with Crippen molar-refractivity contribution in [1.29, 1.82) is 0 Å². The van der Waals surface area contributed by atoms with Gasteiger partial charge in [-0.1, -0.05) is 18.2 Å². The zero-order valence-electron chi connectivity index (χ0n) is 37.9. The number of aromatic nitrogens is 6. The van der Waals surface area contributed by atoms with E-state index in [0.29, 0.717) is 28.1 Å². The van der Waals surface area contributed by atoms with Crippen LogP contribution in [-0.4, -0.2) is 79.6 Å². The van der Waals surface area contributed by atoms with Crippen molar-refractivity contribution in [2.24, 2.45) is 0 Å². The van der Waals surface area contributed by atoms with Crippen molar-refractivity contribution in [3.63, 3.8) is 0 Å². The van der Waals surface area contributed by atoms with Crippen molar-refractivity contribution in [2.75, 3.05) is 0 Å². The van der Waals surface area contributed by atoms with Crippen molar-refractivity contribution >= 4 is 136 Å². The number of carbonyl (C=O) groups is 3. The van der Waals surface area contributed by atoms with Gasteiger partial charge in [0.15, 0.2) is 0 Å². The van der Waals surface area contributed by atoms with Crippen LogP contribution in [0.25, 0.3) is 49.9 Å². The summed E-state index contributed by atoms with van der Waals surface area (Å²) in [5, 5.41) is 16.4. The average Bonchev–Trinajstić information content (AvgIpc) is 4.26. The van der Waals surface area contributed by atoms with Gasteiger partial charge in [-0.05, 0) is 144 Å². The van der Waals surface area contributed by atoms with Crippen LogP contribution in [-0.2, 0) is 44.5 Å². The molecule has 3 N–H and O–H groups in total. The quantitative estimate of drug-likeness (QED) is 0.0374. The van der Waals surface area contributed by atoms with Gasteiger partial charge in [0, 0.05) is 67.9 Å². The fourth-order valence-electron chi connectivity index (χ4n) is 6.09. The minimum absolute atomic E-state index is 0. The van der Waals surface area contributed by atoms with Crippen molar-refractivity contribution in [1.82, 2.24) is 32.3 Å². The maximum Gasteiger partial charge on any atom is 0.328 e. The van der Waals surface area contributed by atoms with Crippen LogP contribution in [0.15, 0.2) is 196 Å². The largest absolute Gasteiger partial charge is 0.478 e. The standard InChI is InChI=1S/C16H11ClN2O3S2.C16H13N3O4S2.C16H12N2O4S2.2ClH/c17-15(20)6-4-12-8-10-19(11-12)24(21,22)16-7-5-14(23-16)13-3-1-2-9-18-13;20-15(18-21)6-4-12-8-10-19(11-12)25(22,23)16-7-5-14(24-16)13-3-1-2-9-17-13;19-15(20)6-4-12-8-10-18(11-12)24(21,22)16-7-5-14(23-16)13-3-1-2-9-17-13;;/h1-11H;1-11,21H,(H,18,20);1-11H,(H,19,20);2*1H/b3*6-4+;;. The van der Waals surface area contributed by atoms with Gasteiger partial charge in [-0.15, -0.1) is 58.8 Å². The fraction of sp³-hybridized carbons (Fsp3) is 0. The number of amides is 1. The summed E-state index contributed by atoms with van der Waals surface area (Å²) in [6.07, 6.45) is 20.7. The summed E-state index contributed by atoms with van der Waals surface area (Å²) in [6.45, 7) is 0. The molecule has 9 rings (SSSR count). The Morgan fingerprint density at radius 2 is 0.827 bits per heavy atom. The van der Waals surface area contributed by atoms with E-state index in [0.717, 1.165) is 84.5 Å². The molecule has 0 aromatic carbocycles. The molecule has 75 heavy (non-hydrogen) atoms. The maximum atomic E-state index is 12.7. The molecule has 0 aliphatic rings. The lowest BCUT2D eigenvalue weighted by molar-refractivity contribution is -0.131. The maximum absolute atomic E-state index is 12.7. The third-order valence-electron chi connectivity index (χ3n) is 9.52. The molecule has 1 amide bonds. The van der Waals surface area contributed by atoms with E-state index in [-0.39, 0.29) is 37.4 Å². The van der Waals surface area contributed by atoms with Gasteiger partial charge in [-0.3, -0.25) is 29.7 Å². The van der Waals surface area contributed by atoms with Crippen LogP contribution in [0.3, 0.4) is 0 Å². The molecule has 9 aromatic rings. The van der Waals surface area contributed by atoms with E-state index in [2.05, 4.69) is 15.0 Å². The Morgan fingerprint density at radius 3 is 1.12 bits per heavy atom. The summed E-state index contributed by atoms with van der Waals surface area (Å²) in [4.78, 5) is 47.1. The number of carbonyl (C=O) groups excluding carboxylic acids is 2. The monoisotopic (exact) mass is 1190 g/mol. The molecule has 9 aromatic heterocycles. The number of hydrogen-bond acceptors (Lipinski definition) is 16. The number of nitrogens with zero attached hydrogens (tertiary/aromatic N) is 6.